The summed E-state index contributed by atoms with van der Waals surface area (Å²) in [4.78, 5) is 16.5. The van der Waals surface area contributed by atoms with E-state index in [4.69, 9.17) is 0 Å². The number of rotatable bonds is 3. The number of anilines is 1. The van der Waals surface area contributed by atoms with Crippen LogP contribution in [0, 0.1) is 13.8 Å². The number of fused-ring (bicyclic) bond motifs is 1. The minimum atomic E-state index is -0.239. The molecular weight excluding hydrogens is 294 g/mol. The number of nitrogens with one attached hydrogen (secondary N) is 2. The molecule has 0 aliphatic heterocycles. The second kappa shape index (κ2) is 6.15. The fourth-order valence-corrected chi connectivity index (χ4v) is 3.38. The summed E-state index contributed by atoms with van der Waals surface area (Å²) in [5, 5.41) is 6.26. The van der Waals surface area contributed by atoms with Crippen LogP contribution in [0.3, 0.4) is 0 Å². The normalized spacial score (nSPS) is 10.6. The van der Waals surface area contributed by atoms with Gasteiger partial charge in [-0.1, -0.05) is 47.7 Å². The molecule has 22 heavy (non-hydrogen) atoms. The Morgan fingerprint density at radius 2 is 1.95 bits per heavy atom. The van der Waals surface area contributed by atoms with Crippen LogP contribution in [-0.4, -0.2) is 11.0 Å². The summed E-state index contributed by atoms with van der Waals surface area (Å²) in [6, 6.07) is 13.8. The molecule has 2 N–H and O–H groups in total. The third-order valence-electron chi connectivity index (χ3n) is 3.35. The highest BCUT2D eigenvalue weighted by molar-refractivity contribution is 7.22. The van der Waals surface area contributed by atoms with Gasteiger partial charge >= 0.3 is 6.03 Å². The molecule has 3 rings (SSSR count). The molecule has 2 amide bonds. The average molecular weight is 311 g/mol. The Kier molecular flexibility index (Phi) is 4.06. The number of carbonyl (C=O) groups is 1. The minimum absolute atomic E-state index is 0.239. The molecular formula is C17H17N3OS. The van der Waals surface area contributed by atoms with Gasteiger partial charge < -0.3 is 5.32 Å². The maximum absolute atomic E-state index is 12.0. The number of carbonyl (C=O) groups excluding carboxylic acids is 1. The summed E-state index contributed by atoms with van der Waals surface area (Å²) in [5.74, 6) is 0. The standard InChI is InChI=1S/C17H17N3OS/c1-11-8-12(2)15-14(9-11)22-17(19-15)20-16(21)18-10-13-6-4-3-5-7-13/h3-9H,10H2,1-2H3,(H2,18,19,20,21). The van der Waals surface area contributed by atoms with E-state index in [1.807, 2.05) is 37.3 Å². The third-order valence-corrected chi connectivity index (χ3v) is 4.26. The Balaban J connectivity index is 1.68. The molecule has 5 heteroatoms. The van der Waals surface area contributed by atoms with Crippen LogP contribution in [0.5, 0.6) is 0 Å². The van der Waals surface area contributed by atoms with Crippen molar-refractivity contribution < 1.29 is 4.79 Å². The third kappa shape index (κ3) is 3.26. The van der Waals surface area contributed by atoms with Crippen molar-refractivity contribution in [2.75, 3.05) is 5.32 Å². The summed E-state index contributed by atoms with van der Waals surface area (Å²) in [7, 11) is 0. The van der Waals surface area contributed by atoms with Crippen LogP contribution in [0.4, 0.5) is 9.93 Å². The molecule has 0 spiro atoms. The highest BCUT2D eigenvalue weighted by atomic mass is 32.1. The van der Waals surface area contributed by atoms with Crippen LogP contribution < -0.4 is 10.6 Å². The van der Waals surface area contributed by atoms with Crippen molar-refractivity contribution in [2.45, 2.75) is 20.4 Å². The van der Waals surface area contributed by atoms with Crippen LogP contribution in [0.1, 0.15) is 16.7 Å². The number of benzene rings is 2. The smallest absolute Gasteiger partial charge is 0.321 e. The van der Waals surface area contributed by atoms with Crippen molar-refractivity contribution in [3.8, 4) is 0 Å². The Morgan fingerprint density at radius 3 is 2.73 bits per heavy atom. The van der Waals surface area contributed by atoms with E-state index in [1.54, 1.807) is 0 Å². The molecule has 0 atom stereocenters. The van der Waals surface area contributed by atoms with E-state index < -0.39 is 0 Å². The van der Waals surface area contributed by atoms with Crippen LogP contribution in [0.15, 0.2) is 42.5 Å². The Labute approximate surface area is 133 Å². The van der Waals surface area contributed by atoms with E-state index in [0.29, 0.717) is 11.7 Å². The molecule has 2 aromatic carbocycles. The van der Waals surface area contributed by atoms with Gasteiger partial charge in [0.1, 0.15) is 0 Å². The SMILES string of the molecule is Cc1cc(C)c2nc(NC(=O)NCc3ccccc3)sc2c1. The fraction of sp³-hybridized carbons (Fsp3) is 0.176. The largest absolute Gasteiger partial charge is 0.334 e. The lowest BCUT2D eigenvalue weighted by molar-refractivity contribution is 0.251. The molecule has 112 valence electrons. The van der Waals surface area contributed by atoms with Gasteiger partial charge in [0.15, 0.2) is 5.13 Å². The molecule has 0 fully saturated rings. The van der Waals surface area contributed by atoms with Crippen molar-refractivity contribution in [3.05, 3.63) is 59.2 Å². The summed E-state index contributed by atoms with van der Waals surface area (Å²) >= 11 is 1.49. The summed E-state index contributed by atoms with van der Waals surface area (Å²) in [6.45, 7) is 4.59. The molecule has 1 heterocycles. The van der Waals surface area contributed by atoms with E-state index in [-0.39, 0.29) is 6.03 Å². The van der Waals surface area contributed by atoms with Crippen LogP contribution in [0.2, 0.25) is 0 Å². The molecule has 4 nitrogen and oxygen atoms in total. The first kappa shape index (κ1) is 14.5. The highest BCUT2D eigenvalue weighted by Crippen LogP contribution is 2.29. The first-order valence-corrected chi connectivity index (χ1v) is 7.90. The van der Waals surface area contributed by atoms with E-state index >= 15 is 0 Å². The maximum atomic E-state index is 12.0. The Bertz CT molecular complexity index is 811. The summed E-state index contributed by atoms with van der Waals surface area (Å²) in [5.41, 5.74) is 4.35. The van der Waals surface area contributed by atoms with E-state index in [9.17, 15) is 4.79 Å². The number of aromatic nitrogens is 1. The number of nitrogens with zero attached hydrogens (tertiary/aromatic N) is 1. The van der Waals surface area contributed by atoms with Gasteiger partial charge in [0.25, 0.3) is 0 Å². The highest BCUT2D eigenvalue weighted by Gasteiger charge is 2.09. The summed E-state index contributed by atoms with van der Waals surface area (Å²) < 4.78 is 1.09. The monoisotopic (exact) mass is 311 g/mol. The van der Waals surface area contributed by atoms with Crippen LogP contribution in [-0.2, 0) is 6.54 Å². The van der Waals surface area contributed by atoms with Gasteiger partial charge in [0.05, 0.1) is 10.2 Å². The van der Waals surface area contributed by atoms with Crippen LogP contribution in [0.25, 0.3) is 10.2 Å². The number of hydrogen-bond donors (Lipinski definition) is 2. The second-order valence-corrected chi connectivity index (χ2v) is 6.27. The first-order valence-electron chi connectivity index (χ1n) is 7.08. The van der Waals surface area contributed by atoms with Gasteiger partial charge in [-0.2, -0.15) is 0 Å². The van der Waals surface area contributed by atoms with Crippen LogP contribution >= 0.6 is 11.3 Å². The van der Waals surface area contributed by atoms with E-state index in [0.717, 1.165) is 21.3 Å². The molecule has 1 aromatic heterocycles. The lowest BCUT2D eigenvalue weighted by Gasteiger charge is -2.05. The van der Waals surface area contributed by atoms with Gasteiger partial charge in [-0.05, 0) is 36.6 Å². The molecule has 0 bridgehead atoms. The number of hydrogen-bond acceptors (Lipinski definition) is 3. The van der Waals surface area contributed by atoms with Crippen molar-refractivity contribution in [1.29, 1.82) is 0 Å². The van der Waals surface area contributed by atoms with E-state index in [1.165, 1.54) is 16.9 Å². The topological polar surface area (TPSA) is 54.0 Å². The lowest BCUT2D eigenvalue weighted by Crippen LogP contribution is -2.28. The second-order valence-electron chi connectivity index (χ2n) is 5.24. The molecule has 0 aliphatic carbocycles. The molecule has 0 saturated carbocycles. The molecule has 0 aliphatic rings. The van der Waals surface area contributed by atoms with Gasteiger partial charge in [-0.25, -0.2) is 9.78 Å². The predicted molar refractivity (Wildman–Crippen MR) is 91.4 cm³/mol. The van der Waals surface area contributed by atoms with Gasteiger partial charge in [0, 0.05) is 6.54 Å². The molecule has 0 radical (unpaired) electrons. The van der Waals surface area contributed by atoms with Crippen molar-refractivity contribution >= 4 is 32.7 Å². The predicted octanol–water partition coefficient (Wildman–Crippen LogP) is 4.23. The Hall–Kier alpha value is -2.40. The quantitative estimate of drug-likeness (QED) is 0.760. The zero-order valence-electron chi connectivity index (χ0n) is 12.5. The van der Waals surface area contributed by atoms with Crippen molar-refractivity contribution in [3.63, 3.8) is 0 Å². The molecule has 3 aromatic rings. The maximum Gasteiger partial charge on any atom is 0.321 e. The lowest BCUT2D eigenvalue weighted by atomic mass is 10.1. The van der Waals surface area contributed by atoms with Gasteiger partial charge in [-0.15, -0.1) is 0 Å². The number of thiazole rings is 1. The average Bonchev–Trinajstić information content (AvgIpc) is 2.89. The first-order chi connectivity index (χ1) is 10.6. The minimum Gasteiger partial charge on any atom is -0.334 e. The van der Waals surface area contributed by atoms with Gasteiger partial charge in [0.2, 0.25) is 0 Å². The fourth-order valence-electron chi connectivity index (χ4n) is 2.34. The number of urea groups is 1. The van der Waals surface area contributed by atoms with Crippen molar-refractivity contribution in [1.82, 2.24) is 10.3 Å². The number of amides is 2. The molecule has 0 saturated heterocycles. The zero-order valence-corrected chi connectivity index (χ0v) is 13.3. The van der Waals surface area contributed by atoms with Crippen molar-refractivity contribution in [2.24, 2.45) is 0 Å². The van der Waals surface area contributed by atoms with Gasteiger partial charge in [-0.3, -0.25) is 5.32 Å². The van der Waals surface area contributed by atoms with E-state index in [2.05, 4.69) is 34.7 Å². The Morgan fingerprint density at radius 1 is 1.18 bits per heavy atom. The summed E-state index contributed by atoms with van der Waals surface area (Å²) in [6.07, 6.45) is 0. The number of aryl methyl sites for hydroxylation is 2. The zero-order chi connectivity index (χ0) is 15.5. The molecule has 0 unspecified atom stereocenters.